The van der Waals surface area contributed by atoms with Crippen LogP contribution >= 0.6 is 0 Å². The van der Waals surface area contributed by atoms with E-state index in [4.69, 9.17) is 9.15 Å². The minimum atomic E-state index is -0.363. The van der Waals surface area contributed by atoms with Crippen LogP contribution in [0, 0.1) is 0 Å². The number of nitrogens with zero attached hydrogens (tertiary/aromatic N) is 1. The van der Waals surface area contributed by atoms with E-state index < -0.39 is 0 Å². The van der Waals surface area contributed by atoms with Gasteiger partial charge >= 0.3 is 5.97 Å². The number of amides is 1. The highest BCUT2D eigenvalue weighted by molar-refractivity contribution is 6.01. The molecule has 3 rings (SSSR count). The van der Waals surface area contributed by atoms with Gasteiger partial charge in [0.05, 0.1) is 30.3 Å². The summed E-state index contributed by atoms with van der Waals surface area (Å²) in [6.07, 6.45) is 3.03. The maximum absolute atomic E-state index is 11.9. The van der Waals surface area contributed by atoms with Gasteiger partial charge in [0.25, 0.3) is 5.91 Å². The Bertz CT molecular complexity index is 872. The molecule has 7 nitrogen and oxygen atoms in total. The summed E-state index contributed by atoms with van der Waals surface area (Å²) in [7, 11) is 0. The lowest BCUT2D eigenvalue weighted by molar-refractivity contribution is 0.0526. The van der Waals surface area contributed by atoms with Gasteiger partial charge in [0, 0.05) is 5.69 Å². The quantitative estimate of drug-likeness (QED) is 0.655. The molecule has 0 aliphatic heterocycles. The molecular weight excluding hydrogens is 334 g/mol. The number of benzene rings is 1. The normalized spacial score (nSPS) is 10.2. The van der Waals surface area contributed by atoms with Gasteiger partial charge in [-0.25, -0.2) is 9.78 Å². The van der Waals surface area contributed by atoms with Crippen LogP contribution in [0.15, 0.2) is 65.4 Å². The molecule has 0 radical (unpaired) electrons. The number of aromatic nitrogens is 1. The third-order valence-corrected chi connectivity index (χ3v) is 3.43. The van der Waals surface area contributed by atoms with Crippen LogP contribution in [-0.4, -0.2) is 23.5 Å². The van der Waals surface area contributed by atoms with Gasteiger partial charge in [0.1, 0.15) is 5.82 Å². The Morgan fingerprint density at radius 1 is 1.08 bits per heavy atom. The molecule has 0 fully saturated rings. The number of hydrogen-bond donors (Lipinski definition) is 2. The minimum Gasteiger partial charge on any atom is -0.462 e. The zero-order chi connectivity index (χ0) is 18.4. The number of rotatable bonds is 6. The fourth-order valence-electron chi connectivity index (χ4n) is 2.20. The van der Waals surface area contributed by atoms with Crippen LogP contribution in [0.25, 0.3) is 0 Å². The third-order valence-electron chi connectivity index (χ3n) is 3.43. The maximum atomic E-state index is 11.9. The van der Waals surface area contributed by atoms with Crippen molar-refractivity contribution >= 4 is 29.1 Å². The first-order valence-corrected chi connectivity index (χ1v) is 8.01. The largest absolute Gasteiger partial charge is 0.462 e. The van der Waals surface area contributed by atoms with Crippen LogP contribution < -0.4 is 10.6 Å². The molecular formula is C19H17N3O4. The average Bonchev–Trinajstić information content (AvgIpc) is 3.19. The molecule has 0 saturated carbocycles. The molecule has 2 N–H and O–H groups in total. The van der Waals surface area contributed by atoms with Gasteiger partial charge in [0.15, 0.2) is 5.76 Å². The van der Waals surface area contributed by atoms with E-state index in [1.54, 1.807) is 61.7 Å². The first kappa shape index (κ1) is 17.2. The van der Waals surface area contributed by atoms with Crippen LogP contribution in [0.4, 0.5) is 17.2 Å². The number of nitrogens with one attached hydrogen (secondary N) is 2. The van der Waals surface area contributed by atoms with E-state index in [-0.39, 0.29) is 17.6 Å². The first-order chi connectivity index (χ1) is 12.7. The van der Waals surface area contributed by atoms with E-state index in [2.05, 4.69) is 15.6 Å². The molecule has 1 amide bonds. The molecule has 0 bridgehead atoms. The Morgan fingerprint density at radius 3 is 2.46 bits per heavy atom. The van der Waals surface area contributed by atoms with Gasteiger partial charge < -0.3 is 19.8 Å². The second kappa shape index (κ2) is 7.98. The number of ether oxygens (including phenoxy) is 1. The summed E-state index contributed by atoms with van der Waals surface area (Å²) < 4.78 is 9.97. The van der Waals surface area contributed by atoms with E-state index in [1.165, 1.54) is 6.26 Å². The molecule has 0 atom stereocenters. The number of esters is 1. The smallest absolute Gasteiger partial charge is 0.338 e. The van der Waals surface area contributed by atoms with Gasteiger partial charge in [0.2, 0.25) is 0 Å². The highest BCUT2D eigenvalue weighted by Crippen LogP contribution is 2.18. The molecule has 1 aromatic carbocycles. The van der Waals surface area contributed by atoms with Gasteiger partial charge in [-0.3, -0.25) is 4.79 Å². The lowest BCUT2D eigenvalue weighted by Gasteiger charge is -2.08. The molecule has 2 aromatic heterocycles. The highest BCUT2D eigenvalue weighted by Gasteiger charge is 2.09. The predicted octanol–water partition coefficient (Wildman–Crippen LogP) is 3.85. The number of furan rings is 1. The van der Waals surface area contributed by atoms with Crippen molar-refractivity contribution in [2.75, 3.05) is 17.2 Å². The van der Waals surface area contributed by atoms with Crippen molar-refractivity contribution in [2.24, 2.45) is 0 Å². The van der Waals surface area contributed by atoms with Crippen LogP contribution in [0.1, 0.15) is 27.8 Å². The zero-order valence-electron chi connectivity index (χ0n) is 14.1. The SMILES string of the molecule is CCOC(=O)c1ccc(Nc2ccc(NC(=O)c3ccco3)nc2)cc1. The summed E-state index contributed by atoms with van der Waals surface area (Å²) in [6.45, 7) is 2.11. The van der Waals surface area contributed by atoms with E-state index in [0.29, 0.717) is 18.0 Å². The zero-order valence-corrected chi connectivity index (χ0v) is 14.1. The van der Waals surface area contributed by atoms with Gasteiger partial charge in [-0.05, 0) is 55.5 Å². The van der Waals surface area contributed by atoms with Crippen LogP contribution in [0.2, 0.25) is 0 Å². The lowest BCUT2D eigenvalue weighted by Crippen LogP contribution is -2.11. The Labute approximate surface area is 150 Å². The molecule has 0 aliphatic rings. The monoisotopic (exact) mass is 351 g/mol. The Balaban J connectivity index is 1.60. The molecule has 3 aromatic rings. The van der Waals surface area contributed by atoms with E-state index >= 15 is 0 Å². The summed E-state index contributed by atoms with van der Waals surface area (Å²) in [5, 5.41) is 5.81. The second-order valence-electron chi connectivity index (χ2n) is 5.29. The number of anilines is 3. The topological polar surface area (TPSA) is 93.5 Å². The van der Waals surface area contributed by atoms with Gasteiger partial charge in [-0.15, -0.1) is 0 Å². The van der Waals surface area contributed by atoms with E-state index in [1.807, 2.05) is 0 Å². The fraction of sp³-hybridized carbons (Fsp3) is 0.105. The molecule has 2 heterocycles. The lowest BCUT2D eigenvalue weighted by atomic mass is 10.2. The average molecular weight is 351 g/mol. The predicted molar refractivity (Wildman–Crippen MR) is 96.6 cm³/mol. The van der Waals surface area contributed by atoms with Gasteiger partial charge in [-0.2, -0.15) is 0 Å². The second-order valence-corrected chi connectivity index (χ2v) is 5.29. The summed E-state index contributed by atoms with van der Waals surface area (Å²) in [5.41, 5.74) is 2.03. The third kappa shape index (κ3) is 4.27. The van der Waals surface area contributed by atoms with Crippen LogP contribution in [-0.2, 0) is 4.74 Å². The van der Waals surface area contributed by atoms with E-state index in [9.17, 15) is 9.59 Å². The maximum Gasteiger partial charge on any atom is 0.338 e. The highest BCUT2D eigenvalue weighted by atomic mass is 16.5. The number of carbonyl (C=O) groups excluding carboxylic acids is 2. The van der Waals surface area contributed by atoms with Crippen molar-refractivity contribution in [3.8, 4) is 0 Å². The standard InChI is InChI=1S/C19H17N3O4/c1-2-25-19(24)13-5-7-14(8-6-13)21-15-9-10-17(20-12-15)22-18(23)16-4-3-11-26-16/h3-12,21H,2H2,1H3,(H,20,22,23). The van der Waals surface area contributed by atoms with Crippen molar-refractivity contribution in [1.82, 2.24) is 4.98 Å². The van der Waals surface area contributed by atoms with Gasteiger partial charge in [-0.1, -0.05) is 0 Å². The minimum absolute atomic E-state index is 0.218. The number of hydrogen-bond acceptors (Lipinski definition) is 6. The van der Waals surface area contributed by atoms with Crippen molar-refractivity contribution < 1.29 is 18.7 Å². The first-order valence-electron chi connectivity index (χ1n) is 8.01. The van der Waals surface area contributed by atoms with Crippen LogP contribution in [0.3, 0.4) is 0 Å². The molecule has 26 heavy (non-hydrogen) atoms. The van der Waals surface area contributed by atoms with Crippen LogP contribution in [0.5, 0.6) is 0 Å². The number of pyridine rings is 1. The summed E-state index contributed by atoms with van der Waals surface area (Å²) in [5.74, 6) is -0.0829. The summed E-state index contributed by atoms with van der Waals surface area (Å²) in [6, 6.07) is 13.6. The molecule has 7 heteroatoms. The summed E-state index contributed by atoms with van der Waals surface area (Å²) in [4.78, 5) is 27.7. The van der Waals surface area contributed by atoms with Crippen molar-refractivity contribution in [3.63, 3.8) is 0 Å². The molecule has 0 saturated heterocycles. The Morgan fingerprint density at radius 2 is 1.85 bits per heavy atom. The Hall–Kier alpha value is -3.61. The number of carbonyl (C=O) groups is 2. The molecule has 0 aliphatic carbocycles. The van der Waals surface area contributed by atoms with Crippen molar-refractivity contribution in [2.45, 2.75) is 6.92 Å². The Kier molecular flexibility index (Phi) is 5.28. The van der Waals surface area contributed by atoms with Crippen molar-refractivity contribution in [3.05, 3.63) is 72.3 Å². The van der Waals surface area contributed by atoms with Crippen molar-refractivity contribution in [1.29, 1.82) is 0 Å². The molecule has 0 spiro atoms. The summed E-state index contributed by atoms with van der Waals surface area (Å²) >= 11 is 0. The molecule has 132 valence electrons. The fourth-order valence-corrected chi connectivity index (χ4v) is 2.20. The molecule has 0 unspecified atom stereocenters. The van der Waals surface area contributed by atoms with E-state index in [0.717, 1.165) is 11.4 Å².